The molecule has 1 aliphatic heterocycles. The second-order valence-corrected chi connectivity index (χ2v) is 3.66. The number of ether oxygens (including phenoxy) is 1. The number of benzene rings is 1. The maximum absolute atomic E-state index is 5.38. The molecule has 14 heavy (non-hydrogen) atoms. The van der Waals surface area contributed by atoms with Crippen molar-refractivity contribution in [2.75, 3.05) is 19.8 Å². The van der Waals surface area contributed by atoms with E-state index in [0.717, 1.165) is 32.6 Å². The van der Waals surface area contributed by atoms with Crippen molar-refractivity contribution >= 4 is 0 Å². The summed E-state index contributed by atoms with van der Waals surface area (Å²) in [6.07, 6.45) is 2.22. The minimum Gasteiger partial charge on any atom is -0.378 e. The Bertz CT molecular complexity index is 254. The summed E-state index contributed by atoms with van der Waals surface area (Å²) >= 11 is 0. The monoisotopic (exact) mass is 190 g/mol. The first kappa shape index (κ1) is 9.69. The van der Waals surface area contributed by atoms with E-state index in [1.807, 2.05) is 0 Å². The molecular formula is C12H16NO. The molecule has 2 heteroatoms. The van der Waals surface area contributed by atoms with Gasteiger partial charge in [-0.2, -0.15) is 0 Å². The topological polar surface area (TPSA) is 23.3 Å². The fraction of sp³-hybridized carbons (Fsp3) is 0.500. The lowest BCUT2D eigenvalue weighted by Crippen LogP contribution is -2.36. The fourth-order valence-corrected chi connectivity index (χ4v) is 1.72. The van der Waals surface area contributed by atoms with Gasteiger partial charge in [0, 0.05) is 12.6 Å². The van der Waals surface area contributed by atoms with Crippen molar-refractivity contribution in [2.45, 2.75) is 18.9 Å². The molecular weight excluding hydrogens is 174 g/mol. The van der Waals surface area contributed by atoms with Crippen LogP contribution in [0.3, 0.4) is 0 Å². The third-order valence-electron chi connectivity index (χ3n) is 2.54. The third-order valence-corrected chi connectivity index (χ3v) is 2.54. The molecule has 1 radical (unpaired) electrons. The van der Waals surface area contributed by atoms with Gasteiger partial charge >= 0.3 is 0 Å². The molecule has 1 saturated heterocycles. The lowest BCUT2D eigenvalue weighted by atomic mass is 10.1. The predicted octanol–water partition coefficient (Wildman–Crippen LogP) is 1.62. The third kappa shape index (κ3) is 2.82. The van der Waals surface area contributed by atoms with Crippen molar-refractivity contribution in [1.82, 2.24) is 5.32 Å². The SMILES string of the molecule is c1ccc(CCC2COCC[N]2)cc1. The molecule has 0 bridgehead atoms. The molecule has 1 fully saturated rings. The first-order valence-corrected chi connectivity index (χ1v) is 5.23. The van der Waals surface area contributed by atoms with Gasteiger partial charge in [-0.3, -0.25) is 0 Å². The molecule has 0 aliphatic carbocycles. The summed E-state index contributed by atoms with van der Waals surface area (Å²) in [7, 11) is 0. The first-order valence-electron chi connectivity index (χ1n) is 5.23. The highest BCUT2D eigenvalue weighted by Crippen LogP contribution is 2.07. The van der Waals surface area contributed by atoms with Gasteiger partial charge in [0.1, 0.15) is 0 Å². The van der Waals surface area contributed by atoms with Crippen LogP contribution in [-0.2, 0) is 11.2 Å². The maximum atomic E-state index is 5.38. The van der Waals surface area contributed by atoms with Gasteiger partial charge in [-0.1, -0.05) is 30.3 Å². The second kappa shape index (κ2) is 5.13. The van der Waals surface area contributed by atoms with Crippen LogP contribution in [0.1, 0.15) is 12.0 Å². The molecule has 2 nitrogen and oxygen atoms in total. The molecule has 75 valence electrons. The number of hydrogen-bond acceptors (Lipinski definition) is 1. The Morgan fingerprint density at radius 1 is 1.29 bits per heavy atom. The molecule has 0 amide bonds. The maximum Gasteiger partial charge on any atom is 0.0636 e. The molecule has 0 spiro atoms. The van der Waals surface area contributed by atoms with E-state index in [2.05, 4.69) is 35.6 Å². The van der Waals surface area contributed by atoms with Crippen LogP contribution in [-0.4, -0.2) is 25.8 Å². The largest absolute Gasteiger partial charge is 0.378 e. The quantitative estimate of drug-likeness (QED) is 0.710. The molecule has 1 unspecified atom stereocenters. The molecule has 1 atom stereocenters. The molecule has 0 aromatic heterocycles. The number of morpholine rings is 1. The Morgan fingerprint density at radius 3 is 2.86 bits per heavy atom. The van der Waals surface area contributed by atoms with Crippen LogP contribution in [0.2, 0.25) is 0 Å². The van der Waals surface area contributed by atoms with Crippen LogP contribution in [0, 0.1) is 0 Å². The number of nitrogens with zero attached hydrogens (tertiary/aromatic N) is 1. The number of rotatable bonds is 3. The van der Waals surface area contributed by atoms with E-state index in [-0.39, 0.29) is 0 Å². The van der Waals surface area contributed by atoms with Gasteiger partial charge in [0.2, 0.25) is 0 Å². The van der Waals surface area contributed by atoms with E-state index in [1.54, 1.807) is 0 Å². The molecule has 2 rings (SSSR count). The van der Waals surface area contributed by atoms with Crippen molar-refractivity contribution in [3.05, 3.63) is 35.9 Å². The lowest BCUT2D eigenvalue weighted by Gasteiger charge is -2.21. The summed E-state index contributed by atoms with van der Waals surface area (Å²) in [4.78, 5) is 0. The molecule has 0 N–H and O–H groups in total. The van der Waals surface area contributed by atoms with E-state index < -0.39 is 0 Å². The number of aryl methyl sites for hydroxylation is 1. The van der Waals surface area contributed by atoms with Crippen LogP contribution in [0.25, 0.3) is 0 Å². The number of hydrogen-bond donors (Lipinski definition) is 0. The van der Waals surface area contributed by atoms with E-state index in [1.165, 1.54) is 5.56 Å². The van der Waals surface area contributed by atoms with E-state index >= 15 is 0 Å². The highest BCUT2D eigenvalue weighted by atomic mass is 16.5. The Morgan fingerprint density at radius 2 is 2.14 bits per heavy atom. The predicted molar refractivity (Wildman–Crippen MR) is 56.4 cm³/mol. The van der Waals surface area contributed by atoms with Gasteiger partial charge in [-0.15, -0.1) is 0 Å². The van der Waals surface area contributed by atoms with Gasteiger partial charge < -0.3 is 4.74 Å². The fourth-order valence-electron chi connectivity index (χ4n) is 1.72. The van der Waals surface area contributed by atoms with E-state index in [0.29, 0.717) is 6.04 Å². The van der Waals surface area contributed by atoms with E-state index in [4.69, 9.17) is 4.74 Å². The second-order valence-electron chi connectivity index (χ2n) is 3.66. The zero-order valence-corrected chi connectivity index (χ0v) is 8.36. The smallest absolute Gasteiger partial charge is 0.0636 e. The van der Waals surface area contributed by atoms with Gasteiger partial charge in [-0.05, 0) is 18.4 Å². The van der Waals surface area contributed by atoms with Crippen molar-refractivity contribution in [2.24, 2.45) is 0 Å². The normalized spacial score (nSPS) is 22.1. The zero-order valence-electron chi connectivity index (χ0n) is 8.36. The molecule has 1 aromatic carbocycles. The summed E-state index contributed by atoms with van der Waals surface area (Å²) in [5.41, 5.74) is 1.40. The van der Waals surface area contributed by atoms with Crippen LogP contribution in [0.15, 0.2) is 30.3 Å². The molecule has 0 saturated carbocycles. The van der Waals surface area contributed by atoms with Crippen molar-refractivity contribution in [1.29, 1.82) is 0 Å². The Labute approximate surface area is 85.3 Å². The summed E-state index contributed by atoms with van der Waals surface area (Å²) in [6, 6.07) is 11.0. The first-order chi connectivity index (χ1) is 6.95. The van der Waals surface area contributed by atoms with Crippen molar-refractivity contribution in [3.63, 3.8) is 0 Å². The summed E-state index contributed by atoms with van der Waals surface area (Å²) in [6.45, 7) is 2.49. The van der Waals surface area contributed by atoms with Crippen LogP contribution < -0.4 is 5.32 Å². The highest BCUT2D eigenvalue weighted by Gasteiger charge is 2.13. The summed E-state index contributed by atoms with van der Waals surface area (Å²) < 4.78 is 5.38. The van der Waals surface area contributed by atoms with Gasteiger partial charge in [0.25, 0.3) is 0 Å². The molecule has 1 aliphatic rings. The molecule has 1 aromatic rings. The Balaban J connectivity index is 1.76. The van der Waals surface area contributed by atoms with Gasteiger partial charge in [-0.25, -0.2) is 5.32 Å². The lowest BCUT2D eigenvalue weighted by molar-refractivity contribution is 0.0720. The minimum atomic E-state index is 0.420. The van der Waals surface area contributed by atoms with Crippen molar-refractivity contribution < 1.29 is 4.74 Å². The summed E-state index contributed by atoms with van der Waals surface area (Å²) in [5, 5.41) is 4.52. The van der Waals surface area contributed by atoms with Gasteiger partial charge in [0.05, 0.1) is 13.2 Å². The zero-order chi connectivity index (χ0) is 9.64. The minimum absolute atomic E-state index is 0.420. The van der Waals surface area contributed by atoms with Crippen LogP contribution in [0.5, 0.6) is 0 Å². The van der Waals surface area contributed by atoms with Gasteiger partial charge in [0.15, 0.2) is 0 Å². The Hall–Kier alpha value is -0.860. The van der Waals surface area contributed by atoms with Crippen LogP contribution in [0.4, 0.5) is 0 Å². The standard InChI is InChI=1S/C12H16NO/c1-2-4-11(5-3-1)6-7-12-10-14-9-8-13-12/h1-5,12H,6-10H2. The summed E-state index contributed by atoms with van der Waals surface area (Å²) in [5.74, 6) is 0. The Kier molecular flexibility index (Phi) is 3.55. The van der Waals surface area contributed by atoms with Crippen molar-refractivity contribution in [3.8, 4) is 0 Å². The average molecular weight is 190 g/mol. The van der Waals surface area contributed by atoms with E-state index in [9.17, 15) is 0 Å². The highest BCUT2D eigenvalue weighted by molar-refractivity contribution is 5.14. The average Bonchev–Trinajstić information content (AvgIpc) is 2.29. The molecule has 1 heterocycles. The van der Waals surface area contributed by atoms with Crippen LogP contribution >= 0.6 is 0 Å².